The lowest BCUT2D eigenvalue weighted by Gasteiger charge is -2.32. The van der Waals surface area contributed by atoms with Gasteiger partial charge in [0.2, 0.25) is 5.91 Å². The molecule has 7 nitrogen and oxygen atoms in total. The number of benzene rings is 1. The minimum atomic E-state index is 0.242. The maximum atomic E-state index is 12.4. The second kappa shape index (κ2) is 8.49. The summed E-state index contributed by atoms with van der Waals surface area (Å²) in [5.41, 5.74) is 2.87. The van der Waals surface area contributed by atoms with E-state index in [-0.39, 0.29) is 17.9 Å². The van der Waals surface area contributed by atoms with Crippen LogP contribution in [0.2, 0.25) is 0 Å². The zero-order valence-corrected chi connectivity index (χ0v) is 19.0. The molecule has 0 bridgehead atoms. The molecule has 2 aromatic heterocycles. The van der Waals surface area contributed by atoms with Crippen molar-refractivity contribution in [3.8, 4) is 11.4 Å². The Balaban J connectivity index is 1.28. The van der Waals surface area contributed by atoms with Crippen molar-refractivity contribution in [2.45, 2.75) is 51.5 Å². The summed E-state index contributed by atoms with van der Waals surface area (Å²) < 4.78 is 8.31. The third-order valence-electron chi connectivity index (χ3n) is 6.53. The van der Waals surface area contributed by atoms with Crippen LogP contribution in [0, 0.1) is 12.8 Å². The summed E-state index contributed by atoms with van der Waals surface area (Å²) in [4.78, 5) is 19.7. The second-order valence-corrected chi connectivity index (χ2v) is 9.57. The van der Waals surface area contributed by atoms with Crippen LogP contribution in [-0.2, 0) is 4.79 Å². The predicted octanol–water partition coefficient (Wildman–Crippen LogP) is 4.07. The van der Waals surface area contributed by atoms with E-state index in [1.165, 1.54) is 12.8 Å². The SMILES string of the molecule is COc1ccc(-n2nc(C)c3sc(N4CCC(NC(=O)C5CCCC5)CC4)nc32)cc1. The Hall–Kier alpha value is -2.61. The van der Waals surface area contributed by atoms with E-state index in [0.717, 1.165) is 71.4 Å². The van der Waals surface area contributed by atoms with Crippen LogP contribution in [0.3, 0.4) is 0 Å². The number of ether oxygens (including phenoxy) is 1. The molecule has 3 aromatic rings. The summed E-state index contributed by atoms with van der Waals surface area (Å²) in [6, 6.07) is 8.17. The first-order chi connectivity index (χ1) is 15.1. The van der Waals surface area contributed by atoms with E-state index < -0.39 is 0 Å². The van der Waals surface area contributed by atoms with Crippen molar-refractivity contribution in [1.29, 1.82) is 0 Å². The monoisotopic (exact) mass is 439 g/mol. The molecule has 0 spiro atoms. The molecular formula is C23H29N5O2S. The fourth-order valence-electron chi connectivity index (χ4n) is 4.68. The van der Waals surface area contributed by atoms with E-state index in [0.29, 0.717) is 0 Å². The van der Waals surface area contributed by atoms with Crippen LogP contribution in [0.25, 0.3) is 16.0 Å². The third-order valence-corrected chi connectivity index (χ3v) is 7.75. The van der Waals surface area contributed by atoms with Gasteiger partial charge in [0, 0.05) is 25.0 Å². The highest BCUT2D eigenvalue weighted by molar-refractivity contribution is 7.22. The number of amides is 1. The fraction of sp³-hybridized carbons (Fsp3) is 0.522. The van der Waals surface area contributed by atoms with E-state index in [1.807, 2.05) is 35.9 Å². The molecule has 31 heavy (non-hydrogen) atoms. The number of hydrogen-bond acceptors (Lipinski definition) is 6. The van der Waals surface area contributed by atoms with Gasteiger partial charge in [-0.05, 0) is 56.9 Å². The van der Waals surface area contributed by atoms with Crippen molar-refractivity contribution in [2.75, 3.05) is 25.1 Å². The molecule has 0 radical (unpaired) electrons. The van der Waals surface area contributed by atoms with Gasteiger partial charge >= 0.3 is 0 Å². The molecule has 2 aliphatic rings. The van der Waals surface area contributed by atoms with Crippen LogP contribution in [0.4, 0.5) is 5.13 Å². The molecule has 2 fully saturated rings. The number of aryl methyl sites for hydroxylation is 1. The van der Waals surface area contributed by atoms with E-state index in [1.54, 1.807) is 18.4 Å². The molecule has 1 aliphatic heterocycles. The number of anilines is 1. The number of carbonyl (C=O) groups excluding carboxylic acids is 1. The fourth-order valence-corrected chi connectivity index (χ4v) is 5.72. The molecule has 0 unspecified atom stereocenters. The molecule has 3 heterocycles. The highest BCUT2D eigenvalue weighted by atomic mass is 32.1. The Kier molecular flexibility index (Phi) is 5.56. The van der Waals surface area contributed by atoms with Gasteiger partial charge in [-0.25, -0.2) is 4.68 Å². The smallest absolute Gasteiger partial charge is 0.223 e. The number of rotatable bonds is 5. The lowest BCUT2D eigenvalue weighted by atomic mass is 10.0. The van der Waals surface area contributed by atoms with Crippen molar-refractivity contribution in [1.82, 2.24) is 20.1 Å². The Morgan fingerprint density at radius 1 is 1.13 bits per heavy atom. The average Bonchev–Trinajstić information content (AvgIpc) is 3.53. The van der Waals surface area contributed by atoms with Crippen molar-refractivity contribution >= 4 is 32.7 Å². The van der Waals surface area contributed by atoms with E-state index in [4.69, 9.17) is 14.8 Å². The minimum absolute atomic E-state index is 0.242. The maximum absolute atomic E-state index is 12.4. The second-order valence-electron chi connectivity index (χ2n) is 8.60. The van der Waals surface area contributed by atoms with Gasteiger partial charge in [0.15, 0.2) is 10.8 Å². The summed E-state index contributed by atoms with van der Waals surface area (Å²) >= 11 is 1.71. The zero-order valence-electron chi connectivity index (χ0n) is 18.1. The van der Waals surface area contributed by atoms with Crippen LogP contribution < -0.4 is 15.0 Å². The number of hydrogen-bond donors (Lipinski definition) is 1. The largest absolute Gasteiger partial charge is 0.497 e. The molecule has 164 valence electrons. The first-order valence-electron chi connectivity index (χ1n) is 11.2. The number of fused-ring (bicyclic) bond motifs is 1. The lowest BCUT2D eigenvalue weighted by molar-refractivity contribution is -0.125. The molecule has 5 rings (SSSR count). The number of methoxy groups -OCH3 is 1. The Morgan fingerprint density at radius 3 is 2.52 bits per heavy atom. The highest BCUT2D eigenvalue weighted by Crippen LogP contribution is 2.34. The molecule has 1 aliphatic carbocycles. The van der Waals surface area contributed by atoms with Crippen LogP contribution >= 0.6 is 11.3 Å². The number of carbonyl (C=O) groups is 1. The average molecular weight is 440 g/mol. The van der Waals surface area contributed by atoms with E-state index in [9.17, 15) is 4.79 Å². The lowest BCUT2D eigenvalue weighted by Crippen LogP contribution is -2.46. The molecule has 1 saturated heterocycles. The van der Waals surface area contributed by atoms with Crippen LogP contribution in [0.15, 0.2) is 24.3 Å². The summed E-state index contributed by atoms with van der Waals surface area (Å²) in [6.45, 7) is 3.87. The molecule has 1 N–H and O–H groups in total. The molecule has 1 aromatic carbocycles. The summed E-state index contributed by atoms with van der Waals surface area (Å²) in [7, 11) is 1.67. The molecular weight excluding hydrogens is 410 g/mol. The van der Waals surface area contributed by atoms with Gasteiger partial charge in [-0.2, -0.15) is 10.1 Å². The number of nitrogens with one attached hydrogen (secondary N) is 1. The third kappa shape index (κ3) is 4.01. The Labute approximate surface area is 186 Å². The van der Waals surface area contributed by atoms with Gasteiger partial charge in [-0.3, -0.25) is 4.79 Å². The number of thiazole rings is 1. The Morgan fingerprint density at radius 2 is 1.84 bits per heavy atom. The van der Waals surface area contributed by atoms with Gasteiger partial charge in [0.1, 0.15) is 5.75 Å². The first-order valence-corrected chi connectivity index (χ1v) is 12.0. The van der Waals surface area contributed by atoms with Gasteiger partial charge in [0.25, 0.3) is 0 Å². The van der Waals surface area contributed by atoms with Crippen molar-refractivity contribution in [3.05, 3.63) is 30.0 Å². The normalized spacial score (nSPS) is 18.1. The van der Waals surface area contributed by atoms with Crippen LogP contribution in [0.1, 0.15) is 44.2 Å². The van der Waals surface area contributed by atoms with Crippen molar-refractivity contribution in [3.63, 3.8) is 0 Å². The zero-order chi connectivity index (χ0) is 21.4. The molecule has 8 heteroatoms. The van der Waals surface area contributed by atoms with Gasteiger partial charge in [0.05, 0.1) is 23.2 Å². The molecule has 1 saturated carbocycles. The maximum Gasteiger partial charge on any atom is 0.223 e. The minimum Gasteiger partial charge on any atom is -0.497 e. The van der Waals surface area contributed by atoms with Crippen molar-refractivity contribution < 1.29 is 9.53 Å². The van der Waals surface area contributed by atoms with Gasteiger partial charge in [-0.1, -0.05) is 24.2 Å². The number of piperidine rings is 1. The number of aromatic nitrogens is 3. The molecule has 1 amide bonds. The summed E-state index contributed by atoms with van der Waals surface area (Å²) in [5.74, 6) is 1.34. The van der Waals surface area contributed by atoms with Gasteiger partial charge in [-0.15, -0.1) is 0 Å². The van der Waals surface area contributed by atoms with Crippen LogP contribution in [0.5, 0.6) is 5.75 Å². The first kappa shape index (κ1) is 20.3. The quantitative estimate of drug-likeness (QED) is 0.649. The van der Waals surface area contributed by atoms with E-state index >= 15 is 0 Å². The Bertz CT molecular complexity index is 1060. The van der Waals surface area contributed by atoms with Gasteiger partial charge < -0.3 is 15.0 Å². The van der Waals surface area contributed by atoms with Crippen LogP contribution in [-0.4, -0.2) is 46.9 Å². The topological polar surface area (TPSA) is 72.3 Å². The standard InChI is InChI=1S/C23H29N5O2S/c1-15-20-21(28(26-15)18-7-9-19(30-2)10-8-18)25-23(31-20)27-13-11-17(12-14-27)24-22(29)16-5-3-4-6-16/h7-10,16-17H,3-6,11-14H2,1-2H3,(H,24,29). The molecule has 0 atom stereocenters. The highest BCUT2D eigenvalue weighted by Gasteiger charge is 2.28. The number of nitrogens with zero attached hydrogens (tertiary/aromatic N) is 4. The van der Waals surface area contributed by atoms with Crippen molar-refractivity contribution in [2.24, 2.45) is 5.92 Å². The van der Waals surface area contributed by atoms with E-state index in [2.05, 4.69) is 10.2 Å². The summed E-state index contributed by atoms with van der Waals surface area (Å²) in [6.07, 6.45) is 6.45. The predicted molar refractivity (Wildman–Crippen MR) is 123 cm³/mol. The summed E-state index contributed by atoms with van der Waals surface area (Å²) in [5, 5.41) is 9.04.